The van der Waals surface area contributed by atoms with Crippen molar-refractivity contribution in [2.75, 3.05) is 19.6 Å². The molecule has 0 spiro atoms. The molecule has 4 heteroatoms. The highest BCUT2D eigenvalue weighted by Gasteiger charge is 2.33. The molecule has 0 amide bonds. The van der Waals surface area contributed by atoms with E-state index in [2.05, 4.69) is 51.7 Å². The van der Waals surface area contributed by atoms with Gasteiger partial charge in [-0.2, -0.15) is 0 Å². The van der Waals surface area contributed by atoms with Gasteiger partial charge in [0.1, 0.15) is 5.82 Å². The minimum Gasteiger partial charge on any atom is -0.388 e. The fraction of sp³-hybridized carbons (Fsp3) is 0.526. The van der Waals surface area contributed by atoms with Gasteiger partial charge in [-0.15, -0.1) is 0 Å². The first-order chi connectivity index (χ1) is 11.1. The summed E-state index contributed by atoms with van der Waals surface area (Å²) in [6.07, 6.45) is 5.41. The third kappa shape index (κ3) is 4.01. The van der Waals surface area contributed by atoms with Crippen molar-refractivity contribution in [3.05, 3.63) is 54.1 Å². The third-order valence-electron chi connectivity index (χ3n) is 5.08. The van der Waals surface area contributed by atoms with Crippen LogP contribution in [0.2, 0.25) is 0 Å². The molecule has 1 fully saturated rings. The Bertz CT molecular complexity index is 615. The smallest absolute Gasteiger partial charge is 0.105 e. The first kappa shape index (κ1) is 16.2. The molecule has 0 aliphatic carbocycles. The molecule has 2 aromatic rings. The quantitative estimate of drug-likeness (QED) is 0.923. The van der Waals surface area contributed by atoms with E-state index < -0.39 is 5.60 Å². The Kier molecular flexibility index (Phi) is 4.83. The topological polar surface area (TPSA) is 41.3 Å². The summed E-state index contributed by atoms with van der Waals surface area (Å²) >= 11 is 0. The van der Waals surface area contributed by atoms with Crippen LogP contribution in [0.4, 0.5) is 0 Å². The number of hydrogen-bond acceptors (Lipinski definition) is 3. The van der Waals surface area contributed by atoms with E-state index in [0.717, 1.165) is 38.3 Å². The highest BCUT2D eigenvalue weighted by molar-refractivity contribution is 5.19. The standard InChI is InChI=1S/C19H27N3O/c1-16(18-6-4-3-5-7-18)14-21-11-8-19(23,9-12-21)15-22-13-10-20-17(22)2/h3-7,10,13,16,23H,8-9,11-12,14-15H2,1-2H3/t16-/m1/s1. The maximum Gasteiger partial charge on any atom is 0.105 e. The fourth-order valence-electron chi connectivity index (χ4n) is 3.47. The Morgan fingerprint density at radius 1 is 1.22 bits per heavy atom. The zero-order chi connectivity index (χ0) is 16.3. The van der Waals surface area contributed by atoms with Crippen molar-refractivity contribution in [3.63, 3.8) is 0 Å². The van der Waals surface area contributed by atoms with Crippen LogP contribution < -0.4 is 0 Å². The zero-order valence-electron chi connectivity index (χ0n) is 14.2. The van der Waals surface area contributed by atoms with Gasteiger partial charge in [0.05, 0.1) is 12.1 Å². The molecule has 1 saturated heterocycles. The van der Waals surface area contributed by atoms with E-state index in [9.17, 15) is 5.11 Å². The SMILES string of the molecule is Cc1nccn1CC1(O)CCN(C[C@@H](C)c2ccccc2)CC1. The molecule has 1 aromatic carbocycles. The van der Waals surface area contributed by atoms with Crippen LogP contribution in [-0.2, 0) is 6.54 Å². The highest BCUT2D eigenvalue weighted by Crippen LogP contribution is 2.26. The summed E-state index contributed by atoms with van der Waals surface area (Å²) in [7, 11) is 0. The number of imidazole rings is 1. The van der Waals surface area contributed by atoms with E-state index in [1.807, 2.05) is 13.1 Å². The summed E-state index contributed by atoms with van der Waals surface area (Å²) in [5.74, 6) is 1.50. The van der Waals surface area contributed by atoms with Gasteiger partial charge in [0, 0.05) is 32.0 Å². The summed E-state index contributed by atoms with van der Waals surface area (Å²) in [5, 5.41) is 10.9. The third-order valence-corrected chi connectivity index (χ3v) is 5.08. The second kappa shape index (κ2) is 6.85. The Hall–Kier alpha value is -1.65. The second-order valence-corrected chi connectivity index (χ2v) is 6.94. The molecule has 124 valence electrons. The van der Waals surface area contributed by atoms with Crippen molar-refractivity contribution in [2.45, 2.75) is 44.8 Å². The molecule has 4 nitrogen and oxygen atoms in total. The molecule has 1 aliphatic rings. The van der Waals surface area contributed by atoms with Crippen LogP contribution in [0, 0.1) is 6.92 Å². The number of benzene rings is 1. The maximum absolute atomic E-state index is 10.9. The average Bonchev–Trinajstić information content (AvgIpc) is 2.95. The van der Waals surface area contributed by atoms with Crippen molar-refractivity contribution in [1.82, 2.24) is 14.5 Å². The van der Waals surface area contributed by atoms with Crippen LogP contribution in [0.15, 0.2) is 42.7 Å². The van der Waals surface area contributed by atoms with Crippen molar-refractivity contribution in [2.24, 2.45) is 0 Å². The Morgan fingerprint density at radius 2 is 1.91 bits per heavy atom. The van der Waals surface area contributed by atoms with Gasteiger partial charge in [-0.1, -0.05) is 37.3 Å². The number of aryl methyl sites for hydroxylation is 1. The molecular weight excluding hydrogens is 286 g/mol. The monoisotopic (exact) mass is 313 g/mol. The van der Waals surface area contributed by atoms with E-state index in [1.54, 1.807) is 6.20 Å². The van der Waals surface area contributed by atoms with E-state index in [0.29, 0.717) is 12.5 Å². The molecule has 23 heavy (non-hydrogen) atoms. The van der Waals surface area contributed by atoms with Gasteiger partial charge in [-0.3, -0.25) is 0 Å². The zero-order valence-corrected chi connectivity index (χ0v) is 14.2. The number of aliphatic hydroxyl groups is 1. The van der Waals surface area contributed by atoms with Gasteiger partial charge in [-0.05, 0) is 31.2 Å². The second-order valence-electron chi connectivity index (χ2n) is 6.94. The minimum atomic E-state index is -0.599. The van der Waals surface area contributed by atoms with Crippen molar-refractivity contribution in [1.29, 1.82) is 0 Å². The number of nitrogens with zero attached hydrogens (tertiary/aromatic N) is 3. The number of hydrogen-bond donors (Lipinski definition) is 1. The molecule has 0 saturated carbocycles. The molecule has 2 heterocycles. The number of rotatable bonds is 5. The highest BCUT2D eigenvalue weighted by atomic mass is 16.3. The number of piperidine rings is 1. The molecule has 0 bridgehead atoms. The van der Waals surface area contributed by atoms with Crippen molar-refractivity contribution in [3.8, 4) is 0 Å². The Labute approximate surface area is 138 Å². The van der Waals surface area contributed by atoms with Crippen molar-refractivity contribution >= 4 is 0 Å². The lowest BCUT2D eigenvalue weighted by atomic mass is 9.90. The van der Waals surface area contributed by atoms with Gasteiger partial charge in [0.15, 0.2) is 0 Å². The van der Waals surface area contributed by atoms with Gasteiger partial charge in [0.2, 0.25) is 0 Å². The molecule has 1 aromatic heterocycles. The summed E-state index contributed by atoms with van der Waals surface area (Å²) in [6.45, 7) is 7.90. The molecule has 1 atom stereocenters. The summed E-state index contributed by atoms with van der Waals surface area (Å²) in [6, 6.07) is 10.7. The first-order valence-electron chi connectivity index (χ1n) is 8.53. The van der Waals surface area contributed by atoms with Gasteiger partial charge < -0.3 is 14.6 Å². The van der Waals surface area contributed by atoms with Gasteiger partial charge in [0.25, 0.3) is 0 Å². The Morgan fingerprint density at radius 3 is 2.52 bits per heavy atom. The predicted octanol–water partition coefficient (Wildman–Crippen LogP) is 2.82. The van der Waals surface area contributed by atoms with Crippen LogP contribution in [-0.4, -0.2) is 44.8 Å². The average molecular weight is 313 g/mol. The lowest BCUT2D eigenvalue weighted by Crippen LogP contribution is -2.47. The summed E-state index contributed by atoms with van der Waals surface area (Å²) < 4.78 is 2.06. The fourth-order valence-corrected chi connectivity index (χ4v) is 3.47. The number of aromatic nitrogens is 2. The van der Waals surface area contributed by atoms with Crippen LogP contribution >= 0.6 is 0 Å². The molecular formula is C19H27N3O. The van der Waals surface area contributed by atoms with Gasteiger partial charge >= 0.3 is 0 Å². The van der Waals surface area contributed by atoms with Gasteiger partial charge in [-0.25, -0.2) is 4.98 Å². The number of likely N-dealkylation sites (tertiary alicyclic amines) is 1. The molecule has 0 unspecified atom stereocenters. The van der Waals surface area contributed by atoms with Crippen LogP contribution in [0.3, 0.4) is 0 Å². The Balaban J connectivity index is 1.53. The lowest BCUT2D eigenvalue weighted by molar-refractivity contribution is -0.0352. The van der Waals surface area contributed by atoms with Crippen LogP contribution in [0.5, 0.6) is 0 Å². The molecule has 1 aliphatic heterocycles. The van der Waals surface area contributed by atoms with E-state index in [4.69, 9.17) is 0 Å². The van der Waals surface area contributed by atoms with Crippen LogP contribution in [0.25, 0.3) is 0 Å². The minimum absolute atomic E-state index is 0.526. The predicted molar refractivity (Wildman–Crippen MR) is 92.4 cm³/mol. The normalized spacial score (nSPS) is 19.6. The molecule has 1 N–H and O–H groups in total. The summed E-state index contributed by atoms with van der Waals surface area (Å²) in [5.41, 5.74) is 0.792. The summed E-state index contributed by atoms with van der Waals surface area (Å²) in [4.78, 5) is 6.72. The molecule has 3 rings (SSSR count). The molecule has 0 radical (unpaired) electrons. The maximum atomic E-state index is 10.9. The lowest BCUT2D eigenvalue weighted by Gasteiger charge is -2.39. The van der Waals surface area contributed by atoms with Crippen molar-refractivity contribution < 1.29 is 5.11 Å². The first-order valence-corrected chi connectivity index (χ1v) is 8.53. The van der Waals surface area contributed by atoms with E-state index in [1.165, 1.54) is 5.56 Å². The largest absolute Gasteiger partial charge is 0.388 e. The van der Waals surface area contributed by atoms with E-state index >= 15 is 0 Å². The van der Waals surface area contributed by atoms with Crippen LogP contribution in [0.1, 0.15) is 37.1 Å². The van der Waals surface area contributed by atoms with E-state index in [-0.39, 0.29) is 0 Å².